The molecule has 0 aliphatic carbocycles. The van der Waals surface area contributed by atoms with Crippen molar-refractivity contribution < 1.29 is 9.53 Å². The molecule has 28 heavy (non-hydrogen) atoms. The van der Waals surface area contributed by atoms with Gasteiger partial charge in [-0.3, -0.25) is 4.79 Å². The molecule has 1 amide bonds. The first-order valence-corrected chi connectivity index (χ1v) is 10.1. The molecule has 0 aromatic heterocycles. The van der Waals surface area contributed by atoms with Crippen molar-refractivity contribution in [2.75, 3.05) is 18.7 Å². The molecule has 0 fully saturated rings. The number of allylic oxidation sites excluding steroid dienone is 1. The molecule has 1 heterocycles. The van der Waals surface area contributed by atoms with E-state index in [2.05, 4.69) is 16.4 Å². The maximum atomic E-state index is 13.3. The number of carbonyl (C=O) groups is 1. The average molecular weight is 391 g/mol. The third-order valence-corrected chi connectivity index (χ3v) is 5.42. The zero-order valence-corrected chi connectivity index (χ0v) is 16.8. The number of nitrogens with one attached hydrogen (secondary N) is 1. The van der Waals surface area contributed by atoms with E-state index in [0.29, 0.717) is 27.8 Å². The zero-order valence-electron chi connectivity index (χ0n) is 16.0. The topological polar surface area (TPSA) is 74.5 Å². The standard InChI is InChI=1S/C22H21N3O2S/c1-14-19(21(26)25-17-11-7-8-12-18(17)27-2)20(15-9-5-4-6-10-15)16(13-23)22(24-14)28-3/h4-12,19-20H,1-3H3,(H,25,26)/t19?,20-/m1/s1. The van der Waals surface area contributed by atoms with E-state index < -0.39 is 5.92 Å². The normalized spacial score (nSPS) is 18.9. The van der Waals surface area contributed by atoms with E-state index in [9.17, 15) is 10.1 Å². The summed E-state index contributed by atoms with van der Waals surface area (Å²) in [5.74, 6) is -0.607. The lowest BCUT2D eigenvalue weighted by Crippen LogP contribution is -2.36. The van der Waals surface area contributed by atoms with E-state index in [0.717, 1.165) is 5.56 Å². The van der Waals surface area contributed by atoms with Gasteiger partial charge in [0.2, 0.25) is 5.91 Å². The molecular formula is C22H21N3O2S. The Hall–Kier alpha value is -3.04. The van der Waals surface area contributed by atoms with Crippen LogP contribution in [0.4, 0.5) is 5.69 Å². The molecule has 1 aliphatic rings. The molecular weight excluding hydrogens is 370 g/mol. The van der Waals surface area contributed by atoms with Gasteiger partial charge in [0.1, 0.15) is 10.8 Å². The van der Waals surface area contributed by atoms with Crippen LogP contribution in [-0.4, -0.2) is 25.0 Å². The van der Waals surface area contributed by atoms with Gasteiger partial charge >= 0.3 is 0 Å². The van der Waals surface area contributed by atoms with Gasteiger partial charge in [0.15, 0.2) is 0 Å². The molecule has 0 radical (unpaired) electrons. The Morgan fingerprint density at radius 2 is 1.86 bits per heavy atom. The predicted molar refractivity (Wildman–Crippen MR) is 114 cm³/mol. The van der Waals surface area contributed by atoms with Gasteiger partial charge in [-0.15, -0.1) is 11.8 Å². The maximum Gasteiger partial charge on any atom is 0.234 e. The Morgan fingerprint density at radius 3 is 2.50 bits per heavy atom. The Bertz CT molecular complexity index is 977. The minimum Gasteiger partial charge on any atom is -0.495 e. The van der Waals surface area contributed by atoms with E-state index in [1.807, 2.05) is 55.6 Å². The number of rotatable bonds is 5. The van der Waals surface area contributed by atoms with E-state index in [1.165, 1.54) is 11.8 Å². The number of nitriles is 1. The number of amides is 1. The largest absolute Gasteiger partial charge is 0.495 e. The number of hydrogen-bond donors (Lipinski definition) is 1. The summed E-state index contributed by atoms with van der Waals surface area (Å²) in [5.41, 5.74) is 2.71. The number of methoxy groups -OCH3 is 1. The second-order valence-corrected chi connectivity index (χ2v) is 7.14. The van der Waals surface area contributed by atoms with Gasteiger partial charge in [0.05, 0.1) is 30.4 Å². The number of ether oxygens (including phenoxy) is 1. The zero-order chi connectivity index (χ0) is 20.1. The van der Waals surface area contributed by atoms with E-state index in [1.54, 1.807) is 19.2 Å². The molecule has 2 aromatic rings. The summed E-state index contributed by atoms with van der Waals surface area (Å²) in [6, 6.07) is 19.2. The van der Waals surface area contributed by atoms with Crippen molar-refractivity contribution in [1.82, 2.24) is 0 Å². The Kier molecular flexibility index (Phi) is 6.17. The summed E-state index contributed by atoms with van der Waals surface area (Å²) in [5, 5.41) is 13.5. The predicted octanol–water partition coefficient (Wildman–Crippen LogP) is 4.61. The fourth-order valence-corrected chi connectivity index (χ4v) is 4.05. The van der Waals surface area contributed by atoms with Gasteiger partial charge in [-0.05, 0) is 30.9 Å². The fourth-order valence-electron chi connectivity index (χ4n) is 3.42. The van der Waals surface area contributed by atoms with Crippen molar-refractivity contribution in [2.45, 2.75) is 12.8 Å². The summed E-state index contributed by atoms with van der Waals surface area (Å²) < 4.78 is 5.34. The molecule has 3 rings (SSSR count). The summed E-state index contributed by atoms with van der Waals surface area (Å²) in [6.07, 6.45) is 1.89. The Balaban J connectivity index is 2.04. The van der Waals surface area contributed by atoms with Gasteiger partial charge in [-0.2, -0.15) is 5.26 Å². The van der Waals surface area contributed by atoms with Crippen LogP contribution in [0.3, 0.4) is 0 Å². The van der Waals surface area contributed by atoms with Crippen molar-refractivity contribution in [1.29, 1.82) is 5.26 Å². The van der Waals surface area contributed by atoms with Gasteiger partial charge in [-0.25, -0.2) is 4.99 Å². The number of para-hydroxylation sites is 2. The molecule has 2 atom stereocenters. The molecule has 2 aromatic carbocycles. The Morgan fingerprint density at radius 1 is 1.18 bits per heavy atom. The van der Waals surface area contributed by atoms with Crippen LogP contribution in [0, 0.1) is 17.2 Å². The minimum absolute atomic E-state index is 0.215. The third kappa shape index (κ3) is 3.80. The van der Waals surface area contributed by atoms with E-state index >= 15 is 0 Å². The molecule has 0 saturated carbocycles. The van der Waals surface area contributed by atoms with Gasteiger partial charge < -0.3 is 10.1 Å². The van der Waals surface area contributed by atoms with Crippen LogP contribution < -0.4 is 10.1 Å². The van der Waals surface area contributed by atoms with E-state index in [4.69, 9.17) is 4.74 Å². The van der Waals surface area contributed by atoms with Crippen LogP contribution in [0.15, 0.2) is 70.2 Å². The van der Waals surface area contributed by atoms with Gasteiger partial charge in [0, 0.05) is 11.6 Å². The molecule has 142 valence electrons. The SMILES string of the molecule is COc1ccccc1NC(=O)C1C(C)=NC(SC)=C(C#N)[C@H]1c1ccccc1. The fraction of sp³-hybridized carbons (Fsp3) is 0.227. The highest BCUT2D eigenvalue weighted by Crippen LogP contribution is 2.41. The summed E-state index contributed by atoms with van der Waals surface area (Å²) in [7, 11) is 1.56. The monoisotopic (exact) mass is 391 g/mol. The van der Waals surface area contributed by atoms with Crippen LogP contribution in [0.25, 0.3) is 0 Å². The van der Waals surface area contributed by atoms with Crippen LogP contribution in [-0.2, 0) is 4.79 Å². The highest BCUT2D eigenvalue weighted by molar-refractivity contribution is 8.02. The first-order chi connectivity index (χ1) is 13.6. The molecule has 0 spiro atoms. The smallest absolute Gasteiger partial charge is 0.234 e. The minimum atomic E-state index is -0.585. The van der Waals surface area contributed by atoms with Crippen LogP contribution in [0.5, 0.6) is 5.75 Å². The van der Waals surface area contributed by atoms with Crippen LogP contribution >= 0.6 is 11.8 Å². The van der Waals surface area contributed by atoms with Crippen molar-refractivity contribution in [3.63, 3.8) is 0 Å². The number of nitrogens with zero attached hydrogens (tertiary/aromatic N) is 2. The van der Waals surface area contributed by atoms with Crippen molar-refractivity contribution >= 4 is 29.1 Å². The number of hydrogen-bond acceptors (Lipinski definition) is 5. The highest BCUT2D eigenvalue weighted by Gasteiger charge is 2.39. The molecule has 0 bridgehead atoms. The molecule has 0 saturated heterocycles. The van der Waals surface area contributed by atoms with Crippen LogP contribution in [0.1, 0.15) is 18.4 Å². The van der Waals surface area contributed by atoms with Crippen LogP contribution in [0.2, 0.25) is 0 Å². The first kappa shape index (κ1) is 19.7. The molecule has 1 N–H and O–H groups in total. The summed E-state index contributed by atoms with van der Waals surface area (Å²) in [6.45, 7) is 1.84. The average Bonchev–Trinajstić information content (AvgIpc) is 2.73. The Labute approximate surface area is 169 Å². The molecule has 1 aliphatic heterocycles. The molecule has 5 nitrogen and oxygen atoms in total. The summed E-state index contributed by atoms with van der Waals surface area (Å²) in [4.78, 5) is 17.9. The lowest BCUT2D eigenvalue weighted by molar-refractivity contribution is -0.118. The quantitative estimate of drug-likeness (QED) is 0.808. The van der Waals surface area contributed by atoms with Gasteiger partial charge in [0.25, 0.3) is 0 Å². The maximum absolute atomic E-state index is 13.3. The highest BCUT2D eigenvalue weighted by atomic mass is 32.2. The lowest BCUT2D eigenvalue weighted by atomic mass is 9.77. The second-order valence-electron chi connectivity index (χ2n) is 6.34. The molecule has 6 heteroatoms. The molecule has 1 unspecified atom stereocenters. The second kappa shape index (κ2) is 8.77. The number of thioether (sulfide) groups is 1. The van der Waals surface area contributed by atoms with Gasteiger partial charge in [-0.1, -0.05) is 42.5 Å². The van der Waals surface area contributed by atoms with Crippen molar-refractivity contribution in [3.8, 4) is 11.8 Å². The third-order valence-electron chi connectivity index (χ3n) is 4.72. The lowest BCUT2D eigenvalue weighted by Gasteiger charge is -2.30. The van der Waals surface area contributed by atoms with Crippen molar-refractivity contribution in [3.05, 3.63) is 70.8 Å². The van der Waals surface area contributed by atoms with E-state index in [-0.39, 0.29) is 11.8 Å². The number of aliphatic imine (C=N–C) groups is 1. The number of benzene rings is 2. The number of anilines is 1. The summed E-state index contributed by atoms with van der Waals surface area (Å²) >= 11 is 1.42. The van der Waals surface area contributed by atoms with Crippen molar-refractivity contribution in [2.24, 2.45) is 10.9 Å². The first-order valence-electron chi connectivity index (χ1n) is 8.83. The number of carbonyl (C=O) groups excluding carboxylic acids is 1.